The summed E-state index contributed by atoms with van der Waals surface area (Å²) in [7, 11) is -1.78. The lowest BCUT2D eigenvalue weighted by Crippen LogP contribution is -2.41. The zero-order valence-corrected chi connectivity index (χ0v) is 15.2. The van der Waals surface area contributed by atoms with E-state index >= 15 is 0 Å². The first-order valence-electron chi connectivity index (χ1n) is 7.62. The molecule has 2 fully saturated rings. The number of carbonyl (C=O) groups excluding carboxylic acids is 1. The Hall–Kier alpha value is -0.273. The van der Waals surface area contributed by atoms with Crippen LogP contribution < -0.4 is 0 Å². The van der Waals surface area contributed by atoms with Gasteiger partial charge < -0.3 is 18.6 Å². The molecule has 21 heavy (non-hydrogen) atoms. The molecule has 0 saturated carbocycles. The van der Waals surface area contributed by atoms with E-state index < -0.39 is 32.6 Å². The molecular weight excluding hydrogens is 288 g/mol. The Kier molecular flexibility index (Phi) is 4.41. The maximum atomic E-state index is 12.3. The fourth-order valence-electron chi connectivity index (χ4n) is 2.28. The van der Waals surface area contributed by atoms with Crippen LogP contribution in [0, 0.1) is 0 Å². The normalized spacial score (nSPS) is 32.5. The summed E-state index contributed by atoms with van der Waals surface area (Å²) in [4.78, 5) is 12.3. The summed E-state index contributed by atoms with van der Waals surface area (Å²) in [5, 5.41) is 0.167. The van der Waals surface area contributed by atoms with Crippen LogP contribution in [0.2, 0.25) is 18.1 Å². The van der Waals surface area contributed by atoms with E-state index in [1.165, 1.54) is 0 Å². The molecule has 3 atom stereocenters. The molecule has 0 spiro atoms. The SMILES string of the molecule is CC1(C)OC2OC(CCO[Si](C)(C)C(C)(C)C)C(=O)C2O1. The van der Waals surface area contributed by atoms with Crippen LogP contribution in [-0.4, -0.2) is 45.0 Å². The third kappa shape index (κ3) is 3.56. The zero-order chi connectivity index (χ0) is 16.1. The molecule has 0 aromatic heterocycles. The fraction of sp³-hybridized carbons (Fsp3) is 0.933. The number of fused-ring (bicyclic) bond motifs is 1. The van der Waals surface area contributed by atoms with Crippen LogP contribution in [0.1, 0.15) is 41.0 Å². The van der Waals surface area contributed by atoms with Crippen molar-refractivity contribution >= 4 is 14.1 Å². The highest BCUT2D eigenvalue weighted by molar-refractivity contribution is 6.74. The van der Waals surface area contributed by atoms with E-state index in [4.69, 9.17) is 18.6 Å². The van der Waals surface area contributed by atoms with Crippen molar-refractivity contribution in [1.29, 1.82) is 0 Å². The molecule has 0 aliphatic carbocycles. The molecule has 2 aliphatic rings. The van der Waals surface area contributed by atoms with Gasteiger partial charge in [0, 0.05) is 13.0 Å². The lowest BCUT2D eigenvalue weighted by Gasteiger charge is -2.36. The van der Waals surface area contributed by atoms with Crippen LogP contribution in [0.4, 0.5) is 0 Å². The Balaban J connectivity index is 1.83. The monoisotopic (exact) mass is 316 g/mol. The topological polar surface area (TPSA) is 54.0 Å². The molecule has 0 bridgehead atoms. The second kappa shape index (κ2) is 5.42. The van der Waals surface area contributed by atoms with Crippen LogP contribution in [0.15, 0.2) is 0 Å². The Morgan fingerprint density at radius 2 is 1.86 bits per heavy atom. The Bertz CT molecular complexity index is 413. The van der Waals surface area contributed by atoms with Crippen LogP contribution in [0.5, 0.6) is 0 Å². The van der Waals surface area contributed by atoms with Crippen LogP contribution in [-0.2, 0) is 23.4 Å². The van der Waals surface area contributed by atoms with Crippen molar-refractivity contribution in [3.8, 4) is 0 Å². The molecule has 0 aromatic carbocycles. The minimum atomic E-state index is -1.78. The van der Waals surface area contributed by atoms with Crippen LogP contribution in [0.3, 0.4) is 0 Å². The van der Waals surface area contributed by atoms with Crippen LogP contribution >= 0.6 is 0 Å². The van der Waals surface area contributed by atoms with Gasteiger partial charge in [0.15, 0.2) is 32.3 Å². The Labute approximate surface area is 128 Å². The van der Waals surface area contributed by atoms with Crippen molar-refractivity contribution in [2.45, 2.75) is 83.5 Å². The highest BCUT2D eigenvalue weighted by Crippen LogP contribution is 2.38. The maximum absolute atomic E-state index is 12.3. The summed E-state index contributed by atoms with van der Waals surface area (Å²) in [5.74, 6) is -0.766. The third-order valence-electron chi connectivity index (χ3n) is 4.60. The predicted molar refractivity (Wildman–Crippen MR) is 81.5 cm³/mol. The molecule has 6 heteroatoms. The number of hydrogen-bond donors (Lipinski definition) is 0. The van der Waals surface area contributed by atoms with E-state index in [0.717, 1.165) is 0 Å². The van der Waals surface area contributed by atoms with Gasteiger partial charge in [-0.05, 0) is 32.0 Å². The van der Waals surface area contributed by atoms with Crippen molar-refractivity contribution < 1.29 is 23.4 Å². The summed E-state index contributed by atoms with van der Waals surface area (Å²) >= 11 is 0. The number of ether oxygens (including phenoxy) is 3. The van der Waals surface area contributed by atoms with Crippen molar-refractivity contribution in [3.63, 3.8) is 0 Å². The van der Waals surface area contributed by atoms with Crippen molar-refractivity contribution in [1.82, 2.24) is 0 Å². The van der Waals surface area contributed by atoms with Crippen molar-refractivity contribution in [2.75, 3.05) is 6.61 Å². The minimum absolute atomic E-state index is 0.0237. The van der Waals surface area contributed by atoms with E-state index in [2.05, 4.69) is 33.9 Å². The molecule has 0 amide bonds. The first-order chi connectivity index (χ1) is 9.43. The zero-order valence-electron chi connectivity index (χ0n) is 14.2. The van der Waals surface area contributed by atoms with Gasteiger partial charge in [-0.3, -0.25) is 4.79 Å². The average molecular weight is 316 g/mol. The van der Waals surface area contributed by atoms with Crippen molar-refractivity contribution in [2.24, 2.45) is 0 Å². The van der Waals surface area contributed by atoms with Gasteiger partial charge in [-0.2, -0.15) is 0 Å². The quantitative estimate of drug-likeness (QED) is 0.747. The summed E-state index contributed by atoms with van der Waals surface area (Å²) in [6.45, 7) is 15.1. The second-order valence-electron chi connectivity index (χ2n) is 7.85. The van der Waals surface area contributed by atoms with E-state index in [1.54, 1.807) is 13.8 Å². The summed E-state index contributed by atoms with van der Waals surface area (Å²) in [5.41, 5.74) is 0. The van der Waals surface area contributed by atoms with Gasteiger partial charge in [0.25, 0.3) is 0 Å². The van der Waals surface area contributed by atoms with Gasteiger partial charge in [0.1, 0.15) is 6.10 Å². The van der Waals surface area contributed by atoms with Gasteiger partial charge in [-0.1, -0.05) is 20.8 Å². The molecule has 2 saturated heterocycles. The number of rotatable bonds is 4. The van der Waals surface area contributed by atoms with E-state index in [9.17, 15) is 4.79 Å². The molecule has 0 N–H and O–H groups in total. The number of carbonyl (C=O) groups is 1. The summed E-state index contributed by atoms with van der Waals surface area (Å²) < 4.78 is 22.9. The molecule has 0 aromatic rings. The van der Waals surface area contributed by atoms with Gasteiger partial charge >= 0.3 is 0 Å². The van der Waals surface area contributed by atoms with E-state index in [1.807, 2.05) is 0 Å². The second-order valence-corrected chi connectivity index (χ2v) is 12.7. The Morgan fingerprint density at radius 1 is 1.24 bits per heavy atom. The smallest absolute Gasteiger partial charge is 0.195 e. The molecule has 3 unspecified atom stereocenters. The summed E-state index contributed by atoms with van der Waals surface area (Å²) in [6.07, 6.45) is -1.06. The lowest BCUT2D eigenvalue weighted by molar-refractivity contribution is -0.205. The van der Waals surface area contributed by atoms with Gasteiger partial charge in [0.2, 0.25) is 0 Å². The molecule has 2 aliphatic heterocycles. The van der Waals surface area contributed by atoms with Crippen molar-refractivity contribution in [3.05, 3.63) is 0 Å². The predicted octanol–water partition coefficient (Wildman–Crippen LogP) is 2.84. The Morgan fingerprint density at radius 3 is 2.38 bits per heavy atom. The number of Topliss-reactive ketones (excluding diaryl/α,β-unsaturated/α-hetero) is 1. The number of ketones is 1. The highest BCUT2D eigenvalue weighted by Gasteiger charge is 2.54. The van der Waals surface area contributed by atoms with Gasteiger partial charge in [-0.15, -0.1) is 0 Å². The van der Waals surface area contributed by atoms with E-state index in [-0.39, 0.29) is 10.8 Å². The van der Waals surface area contributed by atoms with Gasteiger partial charge in [-0.25, -0.2) is 0 Å². The fourth-order valence-corrected chi connectivity index (χ4v) is 3.34. The summed E-state index contributed by atoms with van der Waals surface area (Å²) in [6, 6.07) is 0. The molecule has 2 rings (SSSR count). The first kappa shape index (κ1) is 17.1. The highest BCUT2D eigenvalue weighted by atomic mass is 28.4. The molecule has 2 heterocycles. The number of hydrogen-bond acceptors (Lipinski definition) is 5. The average Bonchev–Trinajstić information content (AvgIpc) is 2.72. The maximum Gasteiger partial charge on any atom is 0.195 e. The molecular formula is C15H28O5Si. The van der Waals surface area contributed by atoms with Gasteiger partial charge in [0.05, 0.1) is 0 Å². The van der Waals surface area contributed by atoms with Crippen LogP contribution in [0.25, 0.3) is 0 Å². The lowest BCUT2D eigenvalue weighted by atomic mass is 10.1. The largest absolute Gasteiger partial charge is 0.417 e. The molecule has 0 radical (unpaired) electrons. The first-order valence-corrected chi connectivity index (χ1v) is 10.5. The molecule has 122 valence electrons. The minimum Gasteiger partial charge on any atom is -0.417 e. The standard InChI is InChI=1S/C15H28O5Si/c1-14(2,3)21(6,7)17-9-8-10-11(16)12-13(18-10)20-15(4,5)19-12/h10,12-13H,8-9H2,1-7H3. The molecule has 5 nitrogen and oxygen atoms in total. The van der Waals surface area contributed by atoms with E-state index in [0.29, 0.717) is 13.0 Å². The third-order valence-corrected chi connectivity index (χ3v) is 9.14.